The van der Waals surface area contributed by atoms with Gasteiger partial charge in [0.1, 0.15) is 0 Å². The Morgan fingerprint density at radius 3 is 2.39 bits per heavy atom. The predicted octanol–water partition coefficient (Wildman–Crippen LogP) is 3.25. The van der Waals surface area contributed by atoms with Gasteiger partial charge in [-0.3, -0.25) is 4.98 Å². The van der Waals surface area contributed by atoms with Crippen LogP contribution in [0.2, 0.25) is 0 Å². The average molecular weight is 240 g/mol. The molecule has 0 saturated carbocycles. The molecule has 0 amide bonds. The van der Waals surface area contributed by atoms with E-state index < -0.39 is 0 Å². The van der Waals surface area contributed by atoms with E-state index in [1.165, 1.54) is 22.3 Å². The molecule has 1 unspecified atom stereocenters. The van der Waals surface area contributed by atoms with Crippen molar-refractivity contribution >= 4 is 0 Å². The summed E-state index contributed by atoms with van der Waals surface area (Å²) in [7, 11) is 0. The standard InChI is InChI=1S/C16H20N2/c1-11-7-12(2)15(13(3)8-11)9-16(17)14-5-4-6-18-10-14/h4-8,10,16H,9,17H2,1-3H3. The normalized spacial score (nSPS) is 12.4. The summed E-state index contributed by atoms with van der Waals surface area (Å²) in [6, 6.07) is 8.43. The highest BCUT2D eigenvalue weighted by atomic mass is 14.7. The second-order valence-electron chi connectivity index (χ2n) is 4.97. The Morgan fingerprint density at radius 2 is 1.83 bits per heavy atom. The van der Waals surface area contributed by atoms with Gasteiger partial charge in [-0.25, -0.2) is 0 Å². The van der Waals surface area contributed by atoms with Crippen LogP contribution in [0, 0.1) is 20.8 Å². The quantitative estimate of drug-likeness (QED) is 0.894. The summed E-state index contributed by atoms with van der Waals surface area (Å²) >= 11 is 0. The lowest BCUT2D eigenvalue weighted by molar-refractivity contribution is 0.711. The first-order valence-corrected chi connectivity index (χ1v) is 6.30. The fourth-order valence-corrected chi connectivity index (χ4v) is 2.46. The molecule has 2 rings (SSSR count). The van der Waals surface area contributed by atoms with Gasteiger partial charge in [0.25, 0.3) is 0 Å². The molecule has 0 aliphatic heterocycles. The van der Waals surface area contributed by atoms with Gasteiger partial charge in [-0.15, -0.1) is 0 Å². The lowest BCUT2D eigenvalue weighted by Crippen LogP contribution is -2.15. The smallest absolute Gasteiger partial charge is 0.0351 e. The van der Waals surface area contributed by atoms with Crippen LogP contribution in [0.4, 0.5) is 0 Å². The summed E-state index contributed by atoms with van der Waals surface area (Å²) in [6.45, 7) is 6.45. The van der Waals surface area contributed by atoms with Crippen molar-refractivity contribution in [2.45, 2.75) is 33.2 Å². The highest BCUT2D eigenvalue weighted by Crippen LogP contribution is 2.22. The summed E-state index contributed by atoms with van der Waals surface area (Å²) in [5, 5.41) is 0. The van der Waals surface area contributed by atoms with Gasteiger partial charge >= 0.3 is 0 Å². The van der Waals surface area contributed by atoms with E-state index in [0.717, 1.165) is 12.0 Å². The van der Waals surface area contributed by atoms with Crippen molar-refractivity contribution in [1.29, 1.82) is 0 Å². The monoisotopic (exact) mass is 240 g/mol. The number of hydrogen-bond acceptors (Lipinski definition) is 2. The lowest BCUT2D eigenvalue weighted by atomic mass is 9.92. The van der Waals surface area contributed by atoms with Crippen molar-refractivity contribution in [3.63, 3.8) is 0 Å². The number of aryl methyl sites for hydroxylation is 3. The van der Waals surface area contributed by atoms with E-state index in [1.807, 2.05) is 18.3 Å². The van der Waals surface area contributed by atoms with E-state index in [-0.39, 0.29) is 6.04 Å². The molecule has 1 aromatic carbocycles. The van der Waals surface area contributed by atoms with Gasteiger partial charge in [-0.2, -0.15) is 0 Å². The summed E-state index contributed by atoms with van der Waals surface area (Å²) in [5.74, 6) is 0. The van der Waals surface area contributed by atoms with E-state index in [0.29, 0.717) is 0 Å². The van der Waals surface area contributed by atoms with E-state index in [1.54, 1.807) is 6.20 Å². The van der Waals surface area contributed by atoms with E-state index in [9.17, 15) is 0 Å². The zero-order chi connectivity index (χ0) is 13.1. The molecule has 2 aromatic rings. The van der Waals surface area contributed by atoms with Crippen molar-refractivity contribution in [1.82, 2.24) is 4.98 Å². The molecular weight excluding hydrogens is 220 g/mol. The van der Waals surface area contributed by atoms with Crippen LogP contribution in [0.5, 0.6) is 0 Å². The molecule has 0 radical (unpaired) electrons. The van der Waals surface area contributed by atoms with Crippen LogP contribution in [0.3, 0.4) is 0 Å². The second kappa shape index (κ2) is 5.32. The first kappa shape index (κ1) is 12.8. The van der Waals surface area contributed by atoms with Crippen molar-refractivity contribution in [2.24, 2.45) is 5.73 Å². The number of aromatic nitrogens is 1. The summed E-state index contributed by atoms with van der Waals surface area (Å²) < 4.78 is 0. The molecule has 94 valence electrons. The maximum Gasteiger partial charge on any atom is 0.0351 e. The predicted molar refractivity (Wildman–Crippen MR) is 75.5 cm³/mol. The zero-order valence-corrected chi connectivity index (χ0v) is 11.3. The molecule has 2 heteroatoms. The highest BCUT2D eigenvalue weighted by molar-refractivity contribution is 5.38. The van der Waals surface area contributed by atoms with Gasteiger partial charge in [0, 0.05) is 18.4 Å². The third-order valence-corrected chi connectivity index (χ3v) is 3.38. The van der Waals surface area contributed by atoms with Crippen molar-refractivity contribution in [2.75, 3.05) is 0 Å². The van der Waals surface area contributed by atoms with E-state index in [4.69, 9.17) is 5.73 Å². The largest absolute Gasteiger partial charge is 0.324 e. The van der Waals surface area contributed by atoms with Gasteiger partial charge < -0.3 is 5.73 Å². The van der Waals surface area contributed by atoms with Crippen LogP contribution in [-0.2, 0) is 6.42 Å². The topological polar surface area (TPSA) is 38.9 Å². The van der Waals surface area contributed by atoms with Crippen LogP contribution in [-0.4, -0.2) is 4.98 Å². The zero-order valence-electron chi connectivity index (χ0n) is 11.3. The Bertz CT molecular complexity index is 509. The van der Waals surface area contributed by atoms with Gasteiger partial charge in [0.05, 0.1) is 0 Å². The minimum absolute atomic E-state index is 0.0128. The van der Waals surface area contributed by atoms with Crippen molar-refractivity contribution in [3.05, 3.63) is 64.5 Å². The Balaban J connectivity index is 2.25. The fourth-order valence-electron chi connectivity index (χ4n) is 2.46. The number of nitrogens with zero attached hydrogens (tertiary/aromatic N) is 1. The van der Waals surface area contributed by atoms with Gasteiger partial charge in [0.15, 0.2) is 0 Å². The number of pyridine rings is 1. The highest BCUT2D eigenvalue weighted by Gasteiger charge is 2.11. The molecule has 0 bridgehead atoms. The summed E-state index contributed by atoms with van der Waals surface area (Å²) in [4.78, 5) is 4.13. The maximum absolute atomic E-state index is 6.26. The molecule has 2 N–H and O–H groups in total. The third-order valence-electron chi connectivity index (χ3n) is 3.38. The molecular formula is C16H20N2. The summed E-state index contributed by atoms with van der Waals surface area (Å²) in [6.07, 6.45) is 4.49. The Labute approximate surface area is 109 Å². The molecule has 0 aliphatic carbocycles. The lowest BCUT2D eigenvalue weighted by Gasteiger charge is -2.16. The van der Waals surface area contributed by atoms with Gasteiger partial charge in [-0.1, -0.05) is 23.8 Å². The fraction of sp³-hybridized carbons (Fsp3) is 0.312. The number of rotatable bonds is 3. The van der Waals surface area contributed by atoms with Crippen LogP contribution in [0.15, 0.2) is 36.7 Å². The number of benzene rings is 1. The van der Waals surface area contributed by atoms with Crippen LogP contribution < -0.4 is 5.73 Å². The molecule has 1 atom stereocenters. The SMILES string of the molecule is Cc1cc(C)c(CC(N)c2cccnc2)c(C)c1. The molecule has 2 nitrogen and oxygen atoms in total. The minimum Gasteiger partial charge on any atom is -0.324 e. The van der Waals surface area contributed by atoms with Crippen LogP contribution in [0.1, 0.15) is 33.9 Å². The van der Waals surface area contributed by atoms with E-state index in [2.05, 4.69) is 37.9 Å². The first-order valence-electron chi connectivity index (χ1n) is 6.30. The average Bonchev–Trinajstić information content (AvgIpc) is 2.34. The van der Waals surface area contributed by atoms with Gasteiger partial charge in [-0.05, 0) is 55.5 Å². The van der Waals surface area contributed by atoms with Crippen LogP contribution in [0.25, 0.3) is 0 Å². The van der Waals surface area contributed by atoms with Crippen molar-refractivity contribution in [3.8, 4) is 0 Å². The molecule has 18 heavy (non-hydrogen) atoms. The van der Waals surface area contributed by atoms with Crippen molar-refractivity contribution < 1.29 is 0 Å². The Hall–Kier alpha value is -1.67. The minimum atomic E-state index is 0.0128. The molecule has 0 aliphatic rings. The summed E-state index contributed by atoms with van der Waals surface area (Å²) in [5.41, 5.74) is 12.7. The second-order valence-corrected chi connectivity index (χ2v) is 4.97. The van der Waals surface area contributed by atoms with Crippen LogP contribution >= 0.6 is 0 Å². The third kappa shape index (κ3) is 2.77. The maximum atomic E-state index is 6.26. The number of nitrogens with two attached hydrogens (primary N) is 1. The molecule has 1 aromatic heterocycles. The van der Waals surface area contributed by atoms with Gasteiger partial charge in [0.2, 0.25) is 0 Å². The molecule has 0 spiro atoms. The number of hydrogen-bond donors (Lipinski definition) is 1. The molecule has 1 heterocycles. The molecule has 0 fully saturated rings. The Morgan fingerprint density at radius 1 is 1.17 bits per heavy atom. The molecule has 0 saturated heterocycles. The first-order chi connectivity index (χ1) is 8.58. The van der Waals surface area contributed by atoms with E-state index >= 15 is 0 Å². The Kier molecular flexibility index (Phi) is 3.78.